The van der Waals surface area contributed by atoms with E-state index in [1.54, 1.807) is 12.3 Å². The van der Waals surface area contributed by atoms with Crippen molar-refractivity contribution in [1.29, 1.82) is 0 Å². The summed E-state index contributed by atoms with van der Waals surface area (Å²) in [5.41, 5.74) is 7.06. The van der Waals surface area contributed by atoms with Crippen molar-refractivity contribution in [3.8, 4) is 5.75 Å². The molecule has 0 saturated carbocycles. The Morgan fingerprint density at radius 3 is 1.88 bits per heavy atom. The summed E-state index contributed by atoms with van der Waals surface area (Å²) >= 11 is 0. The van der Waals surface area contributed by atoms with E-state index >= 15 is 0 Å². The van der Waals surface area contributed by atoms with Crippen molar-refractivity contribution >= 4 is 17.7 Å². The van der Waals surface area contributed by atoms with Gasteiger partial charge in [0.2, 0.25) is 0 Å². The van der Waals surface area contributed by atoms with Gasteiger partial charge in [-0.3, -0.25) is 9.79 Å². The molecule has 0 radical (unpaired) electrons. The molecule has 0 aliphatic heterocycles. The van der Waals surface area contributed by atoms with E-state index in [1.807, 2.05) is 62.4 Å². The van der Waals surface area contributed by atoms with Crippen LogP contribution in [0.3, 0.4) is 0 Å². The Hall–Kier alpha value is -3.92. The molecular formula is C29H30N2O2. The molecule has 3 aromatic carbocycles. The molecule has 33 heavy (non-hydrogen) atoms. The minimum absolute atomic E-state index is 0.0156. The lowest BCUT2D eigenvalue weighted by molar-refractivity contribution is -0.112. The lowest BCUT2D eigenvalue weighted by Gasteiger charge is -2.19. The van der Waals surface area contributed by atoms with Gasteiger partial charge in [0.05, 0.1) is 5.70 Å². The molecule has 0 aromatic heterocycles. The maximum absolute atomic E-state index is 11.1. The van der Waals surface area contributed by atoms with Gasteiger partial charge in [-0.2, -0.15) is 0 Å². The monoisotopic (exact) mass is 438 g/mol. The minimum atomic E-state index is -0.0156. The van der Waals surface area contributed by atoms with Gasteiger partial charge in [0.15, 0.2) is 5.78 Å². The van der Waals surface area contributed by atoms with Crippen molar-refractivity contribution in [3.05, 3.63) is 119 Å². The zero-order valence-electron chi connectivity index (χ0n) is 19.4. The second-order valence-electron chi connectivity index (χ2n) is 8.05. The van der Waals surface area contributed by atoms with E-state index in [2.05, 4.69) is 34.6 Å². The van der Waals surface area contributed by atoms with E-state index in [0.717, 1.165) is 28.2 Å². The molecule has 0 aliphatic rings. The summed E-state index contributed by atoms with van der Waals surface area (Å²) in [7, 11) is 0. The lowest BCUT2D eigenvalue weighted by atomic mass is 9.95. The molecule has 0 unspecified atom stereocenters. The highest BCUT2D eigenvalue weighted by molar-refractivity contribution is 5.91. The SMILES string of the molecule is CC(=O)C=CC=NC(C)=C(C)Nc1c(Cc2ccccc2)cc(O)cc1Cc1ccccc1. The van der Waals surface area contributed by atoms with Crippen LogP contribution in [0.25, 0.3) is 0 Å². The predicted octanol–water partition coefficient (Wildman–Crippen LogP) is 6.45. The van der Waals surface area contributed by atoms with Gasteiger partial charge in [0.1, 0.15) is 5.75 Å². The van der Waals surface area contributed by atoms with Gasteiger partial charge in [0.25, 0.3) is 0 Å². The molecule has 0 amide bonds. The van der Waals surface area contributed by atoms with Crippen LogP contribution in [0.2, 0.25) is 0 Å². The van der Waals surface area contributed by atoms with Gasteiger partial charge < -0.3 is 10.4 Å². The highest BCUT2D eigenvalue weighted by Crippen LogP contribution is 2.32. The zero-order chi connectivity index (χ0) is 23.6. The Balaban J connectivity index is 2.00. The molecule has 3 aromatic rings. The summed E-state index contributed by atoms with van der Waals surface area (Å²) in [4.78, 5) is 15.5. The third-order valence-corrected chi connectivity index (χ3v) is 5.30. The van der Waals surface area contributed by atoms with E-state index in [1.165, 1.54) is 24.1 Å². The van der Waals surface area contributed by atoms with Crippen molar-refractivity contribution in [2.75, 3.05) is 5.32 Å². The summed E-state index contributed by atoms with van der Waals surface area (Å²) in [6.07, 6.45) is 6.12. The average molecular weight is 439 g/mol. The van der Waals surface area contributed by atoms with Gasteiger partial charge >= 0.3 is 0 Å². The van der Waals surface area contributed by atoms with E-state index < -0.39 is 0 Å². The molecule has 0 aliphatic carbocycles. The lowest BCUT2D eigenvalue weighted by Crippen LogP contribution is -2.06. The Kier molecular flexibility index (Phi) is 8.36. The Morgan fingerprint density at radius 1 is 0.879 bits per heavy atom. The Labute approximate surface area is 196 Å². The van der Waals surface area contributed by atoms with E-state index in [-0.39, 0.29) is 11.5 Å². The van der Waals surface area contributed by atoms with Crippen LogP contribution in [-0.4, -0.2) is 17.1 Å². The summed E-state index contributed by atoms with van der Waals surface area (Å²) in [6, 6.07) is 24.1. The quantitative estimate of drug-likeness (QED) is 0.229. The van der Waals surface area contributed by atoms with Crippen LogP contribution in [0.5, 0.6) is 5.75 Å². The maximum atomic E-state index is 11.1. The zero-order valence-corrected chi connectivity index (χ0v) is 19.4. The van der Waals surface area contributed by atoms with Crippen molar-refractivity contribution < 1.29 is 9.90 Å². The Morgan fingerprint density at radius 2 is 1.39 bits per heavy atom. The molecular weight excluding hydrogens is 408 g/mol. The van der Waals surface area contributed by atoms with Crippen LogP contribution in [0.1, 0.15) is 43.0 Å². The van der Waals surface area contributed by atoms with Crippen molar-refractivity contribution in [1.82, 2.24) is 0 Å². The van der Waals surface area contributed by atoms with E-state index in [0.29, 0.717) is 12.8 Å². The molecule has 168 valence electrons. The first-order chi connectivity index (χ1) is 15.9. The van der Waals surface area contributed by atoms with Gasteiger partial charge in [-0.25, -0.2) is 0 Å². The average Bonchev–Trinajstić information content (AvgIpc) is 2.80. The molecule has 0 bridgehead atoms. The smallest absolute Gasteiger partial charge is 0.152 e. The van der Waals surface area contributed by atoms with Crippen LogP contribution in [0.4, 0.5) is 5.69 Å². The number of anilines is 1. The third-order valence-electron chi connectivity index (χ3n) is 5.30. The number of rotatable bonds is 9. The van der Waals surface area contributed by atoms with Crippen molar-refractivity contribution in [3.63, 3.8) is 0 Å². The molecule has 2 N–H and O–H groups in total. The first kappa shape index (κ1) is 23.7. The topological polar surface area (TPSA) is 61.7 Å². The number of phenolic OH excluding ortho intramolecular Hbond substituents is 1. The summed E-state index contributed by atoms with van der Waals surface area (Å²) in [5.74, 6) is 0.237. The van der Waals surface area contributed by atoms with Crippen LogP contribution < -0.4 is 5.32 Å². The summed E-state index contributed by atoms with van der Waals surface area (Å²) in [6.45, 7) is 5.41. The maximum Gasteiger partial charge on any atom is 0.152 e. The van der Waals surface area contributed by atoms with Gasteiger partial charge in [-0.1, -0.05) is 60.7 Å². The molecule has 0 heterocycles. The third kappa shape index (κ3) is 7.32. The van der Waals surface area contributed by atoms with Crippen LogP contribution in [0.15, 0.2) is 101 Å². The number of hydrogen-bond acceptors (Lipinski definition) is 4. The first-order valence-electron chi connectivity index (χ1n) is 11.0. The number of nitrogens with one attached hydrogen (secondary N) is 1. The minimum Gasteiger partial charge on any atom is -0.508 e. The number of aliphatic imine (C=N–C) groups is 1. The van der Waals surface area contributed by atoms with Gasteiger partial charge in [-0.15, -0.1) is 0 Å². The number of ketones is 1. The second kappa shape index (κ2) is 11.6. The fourth-order valence-corrected chi connectivity index (χ4v) is 3.53. The Bertz CT molecular complexity index is 1110. The molecule has 3 rings (SSSR count). The van der Waals surface area contributed by atoms with Crippen molar-refractivity contribution in [2.45, 2.75) is 33.6 Å². The van der Waals surface area contributed by atoms with Crippen LogP contribution in [-0.2, 0) is 17.6 Å². The number of carbonyl (C=O) groups excluding carboxylic acids is 1. The second-order valence-corrected chi connectivity index (χ2v) is 8.05. The number of nitrogens with zero attached hydrogens (tertiary/aromatic N) is 1. The van der Waals surface area contributed by atoms with Crippen molar-refractivity contribution in [2.24, 2.45) is 4.99 Å². The van der Waals surface area contributed by atoms with Gasteiger partial charge in [0, 0.05) is 17.6 Å². The standard InChI is InChI=1S/C29H30N2O2/c1-21(32)11-10-16-30-22(2)23(3)31-29-26(17-24-12-6-4-7-13-24)19-28(33)20-27(29)18-25-14-8-5-9-15-25/h4-16,19-20,31,33H,17-18H2,1-3H3. The van der Waals surface area contributed by atoms with E-state index in [9.17, 15) is 9.90 Å². The van der Waals surface area contributed by atoms with Crippen LogP contribution >= 0.6 is 0 Å². The molecule has 0 spiro atoms. The number of carbonyl (C=O) groups is 1. The highest BCUT2D eigenvalue weighted by atomic mass is 16.3. The van der Waals surface area contributed by atoms with Crippen LogP contribution in [0, 0.1) is 0 Å². The molecule has 4 heteroatoms. The van der Waals surface area contributed by atoms with E-state index in [4.69, 9.17) is 0 Å². The fraction of sp³-hybridized carbons (Fsp3) is 0.172. The van der Waals surface area contributed by atoms with Gasteiger partial charge in [-0.05, 0) is 80.2 Å². The highest BCUT2D eigenvalue weighted by Gasteiger charge is 2.13. The number of aromatic hydroxyl groups is 1. The number of allylic oxidation sites excluding steroid dienone is 4. The predicted molar refractivity (Wildman–Crippen MR) is 137 cm³/mol. The molecule has 0 saturated heterocycles. The largest absolute Gasteiger partial charge is 0.508 e. The molecule has 0 atom stereocenters. The fourth-order valence-electron chi connectivity index (χ4n) is 3.53. The number of phenols is 1. The first-order valence-corrected chi connectivity index (χ1v) is 11.0. The normalized spacial score (nSPS) is 12.2. The number of benzene rings is 3. The summed E-state index contributed by atoms with van der Waals surface area (Å²) in [5, 5.41) is 14.1. The number of hydrogen-bond donors (Lipinski definition) is 2. The molecule has 4 nitrogen and oxygen atoms in total. The summed E-state index contributed by atoms with van der Waals surface area (Å²) < 4.78 is 0. The molecule has 0 fully saturated rings.